The van der Waals surface area contributed by atoms with Crippen molar-refractivity contribution in [1.29, 1.82) is 0 Å². The fraction of sp³-hybridized carbons (Fsp3) is 0.185. The number of sulfonamides is 1. The van der Waals surface area contributed by atoms with E-state index in [9.17, 15) is 13.2 Å². The van der Waals surface area contributed by atoms with E-state index in [0.29, 0.717) is 17.1 Å². The number of thiazole rings is 1. The maximum absolute atomic E-state index is 13.2. The highest BCUT2D eigenvalue weighted by Gasteiger charge is 2.23. The van der Waals surface area contributed by atoms with E-state index in [0.717, 1.165) is 16.0 Å². The van der Waals surface area contributed by atoms with Crippen LogP contribution in [0.1, 0.15) is 24.2 Å². The van der Waals surface area contributed by atoms with Gasteiger partial charge in [-0.25, -0.2) is 8.42 Å². The molecular formula is C27H25N3O4S2. The summed E-state index contributed by atoms with van der Waals surface area (Å²) in [6, 6.07) is 20.3. The summed E-state index contributed by atoms with van der Waals surface area (Å²) in [5, 5.41) is 0. The molecular weight excluding hydrogens is 494 g/mol. The molecule has 7 nitrogen and oxygen atoms in total. The van der Waals surface area contributed by atoms with Crippen LogP contribution >= 0.6 is 11.3 Å². The predicted molar refractivity (Wildman–Crippen MR) is 143 cm³/mol. The third kappa shape index (κ3) is 5.05. The minimum atomic E-state index is -3.79. The molecule has 3 aromatic carbocycles. The van der Waals surface area contributed by atoms with Crippen LogP contribution in [0.2, 0.25) is 0 Å². The van der Waals surface area contributed by atoms with Crippen molar-refractivity contribution in [2.24, 2.45) is 4.99 Å². The molecule has 4 rings (SSSR count). The topological polar surface area (TPSA) is 81.0 Å². The molecule has 0 saturated carbocycles. The summed E-state index contributed by atoms with van der Waals surface area (Å²) in [5.74, 6) is 2.84. The summed E-state index contributed by atoms with van der Waals surface area (Å²) in [6.07, 6.45) is 5.56. The maximum atomic E-state index is 13.2. The molecule has 1 amide bonds. The van der Waals surface area contributed by atoms with Gasteiger partial charge in [0, 0.05) is 12.1 Å². The van der Waals surface area contributed by atoms with Crippen LogP contribution in [-0.4, -0.2) is 32.0 Å². The van der Waals surface area contributed by atoms with Gasteiger partial charge in [0.05, 0.1) is 34.0 Å². The van der Waals surface area contributed by atoms with E-state index in [1.54, 1.807) is 35.8 Å². The van der Waals surface area contributed by atoms with Crippen molar-refractivity contribution in [3.63, 3.8) is 0 Å². The molecule has 0 fully saturated rings. The van der Waals surface area contributed by atoms with Crippen molar-refractivity contribution in [2.45, 2.75) is 25.3 Å². The Morgan fingerprint density at radius 2 is 1.81 bits per heavy atom. The number of benzene rings is 3. The average molecular weight is 520 g/mol. The summed E-state index contributed by atoms with van der Waals surface area (Å²) in [6.45, 7) is 4.76. The van der Waals surface area contributed by atoms with E-state index in [4.69, 9.17) is 11.2 Å². The van der Waals surface area contributed by atoms with Gasteiger partial charge in [-0.05, 0) is 68.4 Å². The van der Waals surface area contributed by atoms with Crippen LogP contribution in [-0.2, 0) is 16.6 Å². The molecule has 0 unspecified atom stereocenters. The summed E-state index contributed by atoms with van der Waals surface area (Å²) in [5.41, 5.74) is 1.71. The third-order valence-corrected chi connectivity index (χ3v) is 8.39. The first kappa shape index (κ1) is 25.2. The number of carbonyl (C=O) groups excluding carboxylic acids is 1. The molecule has 0 radical (unpaired) electrons. The van der Waals surface area contributed by atoms with Gasteiger partial charge in [0.15, 0.2) is 4.80 Å². The lowest BCUT2D eigenvalue weighted by atomic mass is 10.2. The third-order valence-electron chi connectivity index (χ3n) is 5.43. The van der Waals surface area contributed by atoms with E-state index in [1.807, 2.05) is 31.2 Å². The molecule has 9 heteroatoms. The number of amides is 1. The largest absolute Gasteiger partial charge is 0.494 e. The molecule has 0 aliphatic heterocycles. The zero-order valence-corrected chi connectivity index (χ0v) is 21.6. The molecule has 1 aromatic heterocycles. The summed E-state index contributed by atoms with van der Waals surface area (Å²) < 4.78 is 36.0. The second-order valence-electron chi connectivity index (χ2n) is 7.68. The highest BCUT2D eigenvalue weighted by atomic mass is 32.2. The van der Waals surface area contributed by atoms with Gasteiger partial charge in [-0.3, -0.25) is 9.10 Å². The Hall–Kier alpha value is -3.87. The quantitative estimate of drug-likeness (QED) is 0.316. The number of nitrogens with zero attached hydrogens (tertiary/aromatic N) is 3. The summed E-state index contributed by atoms with van der Waals surface area (Å²) in [7, 11) is -3.79. The Balaban J connectivity index is 1.67. The molecule has 0 saturated heterocycles. The fourth-order valence-electron chi connectivity index (χ4n) is 3.77. The first-order chi connectivity index (χ1) is 17.4. The van der Waals surface area contributed by atoms with Gasteiger partial charge in [-0.15, -0.1) is 6.42 Å². The summed E-state index contributed by atoms with van der Waals surface area (Å²) in [4.78, 5) is 17.8. The van der Waals surface area contributed by atoms with Crippen LogP contribution in [0.5, 0.6) is 5.75 Å². The van der Waals surface area contributed by atoms with E-state index in [2.05, 4.69) is 10.9 Å². The lowest BCUT2D eigenvalue weighted by Gasteiger charge is -2.22. The Bertz CT molecular complexity index is 1600. The van der Waals surface area contributed by atoms with Crippen LogP contribution in [0.3, 0.4) is 0 Å². The number of ether oxygens (including phenoxy) is 1. The van der Waals surface area contributed by atoms with Gasteiger partial charge in [-0.1, -0.05) is 35.5 Å². The van der Waals surface area contributed by atoms with Gasteiger partial charge in [-0.2, -0.15) is 4.99 Å². The molecule has 0 atom stereocenters. The molecule has 36 heavy (non-hydrogen) atoms. The normalized spacial score (nSPS) is 11.9. The molecule has 1 heterocycles. The molecule has 0 spiro atoms. The zero-order chi connectivity index (χ0) is 25.7. The Kier molecular flexibility index (Phi) is 7.58. The molecule has 0 N–H and O–H groups in total. The first-order valence-electron chi connectivity index (χ1n) is 11.4. The lowest BCUT2D eigenvalue weighted by Crippen LogP contribution is -2.30. The van der Waals surface area contributed by atoms with Gasteiger partial charge >= 0.3 is 0 Å². The number of hydrogen-bond donors (Lipinski definition) is 0. The molecule has 184 valence electrons. The van der Waals surface area contributed by atoms with E-state index < -0.39 is 15.9 Å². The Morgan fingerprint density at radius 3 is 2.44 bits per heavy atom. The number of carbonyl (C=O) groups is 1. The van der Waals surface area contributed by atoms with Crippen LogP contribution < -0.4 is 13.8 Å². The van der Waals surface area contributed by atoms with Crippen molar-refractivity contribution in [3.05, 3.63) is 83.2 Å². The van der Waals surface area contributed by atoms with E-state index >= 15 is 0 Å². The van der Waals surface area contributed by atoms with Crippen molar-refractivity contribution < 1.29 is 17.9 Å². The minimum absolute atomic E-state index is 0.0949. The zero-order valence-electron chi connectivity index (χ0n) is 19.9. The monoisotopic (exact) mass is 519 g/mol. The first-order valence-corrected chi connectivity index (χ1v) is 13.6. The number of fused-ring (bicyclic) bond motifs is 1. The second kappa shape index (κ2) is 10.8. The number of hydrogen-bond acceptors (Lipinski definition) is 5. The van der Waals surface area contributed by atoms with Crippen molar-refractivity contribution in [1.82, 2.24) is 4.57 Å². The summed E-state index contributed by atoms with van der Waals surface area (Å²) >= 11 is 1.34. The van der Waals surface area contributed by atoms with Crippen molar-refractivity contribution >= 4 is 43.2 Å². The molecule has 4 aromatic rings. The maximum Gasteiger partial charge on any atom is 0.279 e. The Morgan fingerprint density at radius 1 is 1.08 bits per heavy atom. The highest BCUT2D eigenvalue weighted by Crippen LogP contribution is 2.25. The van der Waals surface area contributed by atoms with Gasteiger partial charge in [0.2, 0.25) is 0 Å². The van der Waals surface area contributed by atoms with Crippen LogP contribution in [0.25, 0.3) is 10.2 Å². The minimum Gasteiger partial charge on any atom is -0.494 e. The number of anilines is 1. The van der Waals surface area contributed by atoms with Gasteiger partial charge in [0.25, 0.3) is 15.9 Å². The smallest absolute Gasteiger partial charge is 0.279 e. The Labute approximate surface area is 214 Å². The number of para-hydroxylation sites is 1. The fourth-order valence-corrected chi connectivity index (χ4v) is 6.30. The highest BCUT2D eigenvalue weighted by molar-refractivity contribution is 7.92. The van der Waals surface area contributed by atoms with Crippen LogP contribution in [0.4, 0.5) is 5.69 Å². The average Bonchev–Trinajstić information content (AvgIpc) is 3.21. The van der Waals surface area contributed by atoms with Gasteiger partial charge < -0.3 is 9.30 Å². The van der Waals surface area contributed by atoms with Crippen LogP contribution in [0, 0.1) is 12.3 Å². The van der Waals surface area contributed by atoms with Crippen LogP contribution in [0.15, 0.2) is 82.7 Å². The predicted octanol–water partition coefficient (Wildman–Crippen LogP) is 4.69. The lowest BCUT2D eigenvalue weighted by molar-refractivity contribution is 0.0998. The van der Waals surface area contributed by atoms with Gasteiger partial charge in [0.1, 0.15) is 5.75 Å². The number of terminal acetylenes is 1. The molecule has 0 aliphatic rings. The number of aromatic nitrogens is 1. The SMILES string of the molecule is C#CCn1c(=NC(=O)c2ccc(S(=O)(=O)N(CC)c3ccccc3)cc2)sc2cc(OCC)ccc21. The molecule has 0 bridgehead atoms. The van der Waals surface area contributed by atoms with E-state index in [1.165, 1.54) is 39.9 Å². The molecule has 0 aliphatic carbocycles. The van der Waals surface area contributed by atoms with Crippen molar-refractivity contribution in [2.75, 3.05) is 17.5 Å². The standard InChI is InChI=1S/C27H25N3O4S2/c1-4-18-29-24-17-14-22(34-6-3)19-25(24)35-27(29)28-26(31)20-12-15-23(16-13-20)36(32,33)30(5-2)21-10-8-7-9-11-21/h1,7-17,19H,5-6,18H2,2-3H3. The van der Waals surface area contributed by atoms with Crippen molar-refractivity contribution in [3.8, 4) is 18.1 Å². The van der Waals surface area contributed by atoms with E-state index in [-0.39, 0.29) is 23.5 Å². The number of rotatable bonds is 8. The second-order valence-corrected chi connectivity index (χ2v) is 10.6.